The van der Waals surface area contributed by atoms with E-state index < -0.39 is 0 Å². The van der Waals surface area contributed by atoms with Crippen LogP contribution in [-0.4, -0.2) is 67.7 Å². The number of amides is 1. The minimum absolute atomic E-state index is 0.00169. The van der Waals surface area contributed by atoms with Gasteiger partial charge in [0, 0.05) is 13.1 Å². The van der Waals surface area contributed by atoms with E-state index in [1.54, 1.807) is 0 Å². The normalized spacial score (nSPS) is 25.1. The Morgan fingerprint density at radius 3 is 2.44 bits per heavy atom. The summed E-state index contributed by atoms with van der Waals surface area (Å²) in [6.45, 7) is 7.63. The minimum Gasteiger partial charge on any atom is -0.378 e. The fourth-order valence-corrected chi connectivity index (χ4v) is 2.78. The summed E-state index contributed by atoms with van der Waals surface area (Å²) in [6.07, 6.45) is 2.24. The molecule has 2 rings (SSSR count). The van der Waals surface area contributed by atoms with Gasteiger partial charge in [0.15, 0.2) is 0 Å². The molecule has 1 atom stereocenters. The van der Waals surface area contributed by atoms with Crippen molar-refractivity contribution in [1.82, 2.24) is 9.80 Å². The van der Waals surface area contributed by atoms with Crippen molar-refractivity contribution in [3.8, 4) is 0 Å². The first-order chi connectivity index (χ1) is 8.72. The largest absolute Gasteiger partial charge is 0.378 e. The van der Waals surface area contributed by atoms with Gasteiger partial charge < -0.3 is 15.4 Å². The molecule has 2 fully saturated rings. The molecule has 2 heterocycles. The van der Waals surface area contributed by atoms with E-state index in [2.05, 4.69) is 4.90 Å². The third kappa shape index (κ3) is 3.22. The summed E-state index contributed by atoms with van der Waals surface area (Å²) >= 11 is 0. The zero-order chi connectivity index (χ0) is 13.0. The lowest BCUT2D eigenvalue weighted by Crippen LogP contribution is -2.52. The van der Waals surface area contributed by atoms with Gasteiger partial charge in [0.2, 0.25) is 5.91 Å². The quantitative estimate of drug-likeness (QED) is 0.765. The average Bonchev–Trinajstić information content (AvgIpc) is 2.47. The standard InChI is InChI=1S/C13H25N3O2/c1-11(13(17)16-6-8-18-9-7-16)15-4-2-12(10-14)3-5-15/h11-12H,2-10,14H2,1H3. The Labute approximate surface area is 109 Å². The molecule has 5 heteroatoms. The lowest BCUT2D eigenvalue weighted by molar-refractivity contribution is -0.141. The number of ether oxygens (including phenoxy) is 1. The van der Waals surface area contributed by atoms with Crippen molar-refractivity contribution in [2.75, 3.05) is 45.9 Å². The van der Waals surface area contributed by atoms with Crippen molar-refractivity contribution in [3.63, 3.8) is 0 Å². The summed E-state index contributed by atoms with van der Waals surface area (Å²) in [5, 5.41) is 0. The molecule has 2 N–H and O–H groups in total. The number of morpholine rings is 1. The molecule has 0 spiro atoms. The van der Waals surface area contributed by atoms with Gasteiger partial charge >= 0.3 is 0 Å². The van der Waals surface area contributed by atoms with E-state index in [4.69, 9.17) is 10.5 Å². The summed E-state index contributed by atoms with van der Waals surface area (Å²) in [5.74, 6) is 0.899. The van der Waals surface area contributed by atoms with Gasteiger partial charge in [0.25, 0.3) is 0 Å². The SMILES string of the molecule is CC(C(=O)N1CCOCC1)N1CCC(CN)CC1. The van der Waals surface area contributed by atoms with Crippen LogP contribution in [-0.2, 0) is 9.53 Å². The zero-order valence-corrected chi connectivity index (χ0v) is 11.3. The lowest BCUT2D eigenvalue weighted by atomic mass is 9.96. The number of hydrogen-bond acceptors (Lipinski definition) is 4. The van der Waals surface area contributed by atoms with Crippen LogP contribution in [0.25, 0.3) is 0 Å². The lowest BCUT2D eigenvalue weighted by Gasteiger charge is -2.38. The van der Waals surface area contributed by atoms with E-state index in [9.17, 15) is 4.79 Å². The van der Waals surface area contributed by atoms with Gasteiger partial charge in [0.1, 0.15) is 0 Å². The molecule has 0 aliphatic carbocycles. The van der Waals surface area contributed by atoms with Crippen molar-refractivity contribution >= 4 is 5.91 Å². The highest BCUT2D eigenvalue weighted by molar-refractivity contribution is 5.81. The first kappa shape index (κ1) is 13.8. The monoisotopic (exact) mass is 255 g/mol. The molecule has 0 saturated carbocycles. The number of rotatable bonds is 3. The van der Waals surface area contributed by atoms with E-state index in [1.807, 2.05) is 11.8 Å². The number of piperidine rings is 1. The van der Waals surface area contributed by atoms with Crippen LogP contribution in [0.15, 0.2) is 0 Å². The topological polar surface area (TPSA) is 58.8 Å². The average molecular weight is 255 g/mol. The zero-order valence-electron chi connectivity index (χ0n) is 11.3. The minimum atomic E-state index is 0.00169. The summed E-state index contributed by atoms with van der Waals surface area (Å²) in [6, 6.07) is 0.00169. The van der Waals surface area contributed by atoms with Gasteiger partial charge in [-0.1, -0.05) is 0 Å². The second kappa shape index (κ2) is 6.50. The number of likely N-dealkylation sites (tertiary alicyclic amines) is 1. The Morgan fingerprint density at radius 1 is 1.28 bits per heavy atom. The van der Waals surface area contributed by atoms with Crippen LogP contribution in [0.2, 0.25) is 0 Å². The van der Waals surface area contributed by atoms with Gasteiger partial charge in [-0.15, -0.1) is 0 Å². The van der Waals surface area contributed by atoms with Crippen molar-refractivity contribution in [2.24, 2.45) is 11.7 Å². The molecule has 2 aliphatic heterocycles. The van der Waals surface area contributed by atoms with Crippen molar-refractivity contribution in [1.29, 1.82) is 0 Å². The van der Waals surface area contributed by atoms with Crippen LogP contribution in [0.3, 0.4) is 0 Å². The van der Waals surface area contributed by atoms with E-state index in [1.165, 1.54) is 0 Å². The van der Waals surface area contributed by atoms with Crippen molar-refractivity contribution in [3.05, 3.63) is 0 Å². The molecule has 0 aromatic heterocycles. The molecular formula is C13H25N3O2. The van der Waals surface area contributed by atoms with E-state index in [-0.39, 0.29) is 11.9 Å². The molecule has 0 aromatic rings. The number of carbonyl (C=O) groups excluding carboxylic acids is 1. The Morgan fingerprint density at radius 2 is 1.89 bits per heavy atom. The first-order valence-corrected chi connectivity index (χ1v) is 7.03. The highest BCUT2D eigenvalue weighted by Crippen LogP contribution is 2.18. The van der Waals surface area contributed by atoms with Crippen LogP contribution in [0.5, 0.6) is 0 Å². The van der Waals surface area contributed by atoms with Crippen molar-refractivity contribution < 1.29 is 9.53 Å². The molecule has 2 saturated heterocycles. The summed E-state index contributed by atoms with van der Waals surface area (Å²) in [5.41, 5.74) is 5.69. The maximum atomic E-state index is 12.4. The Kier molecular flexibility index (Phi) is 4.97. The fourth-order valence-electron chi connectivity index (χ4n) is 2.78. The summed E-state index contributed by atoms with van der Waals surface area (Å²) < 4.78 is 5.28. The van der Waals surface area contributed by atoms with E-state index in [0.29, 0.717) is 19.1 Å². The third-order valence-corrected chi connectivity index (χ3v) is 4.21. The second-order valence-corrected chi connectivity index (χ2v) is 5.33. The van der Waals surface area contributed by atoms with Crippen LogP contribution in [0.4, 0.5) is 0 Å². The molecule has 5 nitrogen and oxygen atoms in total. The molecule has 104 valence electrons. The highest BCUT2D eigenvalue weighted by atomic mass is 16.5. The van der Waals surface area contributed by atoms with Crippen molar-refractivity contribution in [2.45, 2.75) is 25.8 Å². The van der Waals surface area contributed by atoms with Gasteiger partial charge in [-0.25, -0.2) is 0 Å². The first-order valence-electron chi connectivity index (χ1n) is 7.03. The highest BCUT2D eigenvalue weighted by Gasteiger charge is 2.29. The molecule has 18 heavy (non-hydrogen) atoms. The molecule has 0 radical (unpaired) electrons. The van der Waals surface area contributed by atoms with Crippen LogP contribution < -0.4 is 5.73 Å². The third-order valence-electron chi connectivity index (χ3n) is 4.21. The summed E-state index contributed by atoms with van der Waals surface area (Å²) in [7, 11) is 0. The van der Waals surface area contributed by atoms with Gasteiger partial charge in [-0.05, 0) is 45.3 Å². The Bertz CT molecular complexity index is 271. The molecule has 1 amide bonds. The molecule has 0 bridgehead atoms. The maximum absolute atomic E-state index is 12.4. The number of nitrogens with zero attached hydrogens (tertiary/aromatic N) is 2. The maximum Gasteiger partial charge on any atom is 0.239 e. The Hall–Kier alpha value is -0.650. The molecular weight excluding hydrogens is 230 g/mol. The fraction of sp³-hybridized carbons (Fsp3) is 0.923. The smallest absolute Gasteiger partial charge is 0.239 e. The van der Waals surface area contributed by atoms with E-state index in [0.717, 1.165) is 45.6 Å². The molecule has 1 unspecified atom stereocenters. The van der Waals surface area contributed by atoms with Crippen LogP contribution >= 0.6 is 0 Å². The second-order valence-electron chi connectivity index (χ2n) is 5.33. The number of hydrogen-bond donors (Lipinski definition) is 1. The van der Waals surface area contributed by atoms with E-state index >= 15 is 0 Å². The van der Waals surface area contributed by atoms with Gasteiger partial charge in [-0.2, -0.15) is 0 Å². The number of carbonyl (C=O) groups is 1. The van der Waals surface area contributed by atoms with Crippen LogP contribution in [0.1, 0.15) is 19.8 Å². The summed E-state index contributed by atoms with van der Waals surface area (Å²) in [4.78, 5) is 16.6. The number of nitrogens with two attached hydrogens (primary N) is 1. The van der Waals surface area contributed by atoms with Gasteiger partial charge in [0.05, 0.1) is 19.3 Å². The van der Waals surface area contributed by atoms with Crippen LogP contribution in [0, 0.1) is 5.92 Å². The molecule has 0 aromatic carbocycles. The molecule has 2 aliphatic rings. The Balaban J connectivity index is 1.83. The van der Waals surface area contributed by atoms with Gasteiger partial charge in [-0.3, -0.25) is 9.69 Å². The predicted octanol–water partition coefficient (Wildman–Crippen LogP) is -0.0956. The predicted molar refractivity (Wildman–Crippen MR) is 70.2 cm³/mol.